The number of rotatable bonds is 3. The largest absolute Gasteiger partial charge is 0.481 e. The molecule has 0 heterocycles. The minimum absolute atomic E-state index is 0.00106. The maximum atomic E-state index is 12.8. The normalized spacial score (nSPS) is 10.0. The molecular formula is C9H8ClFO2. The van der Waals surface area contributed by atoms with Crippen LogP contribution in [0.25, 0.3) is 0 Å². The van der Waals surface area contributed by atoms with Crippen LogP contribution in [-0.2, 0) is 11.2 Å². The molecule has 70 valence electrons. The Labute approximate surface area is 80.0 Å². The highest BCUT2D eigenvalue weighted by Crippen LogP contribution is 2.16. The zero-order chi connectivity index (χ0) is 9.84. The van der Waals surface area contributed by atoms with Crippen LogP contribution in [0.1, 0.15) is 12.0 Å². The van der Waals surface area contributed by atoms with Crippen molar-refractivity contribution < 1.29 is 14.3 Å². The molecule has 0 saturated carbocycles. The van der Waals surface area contributed by atoms with E-state index >= 15 is 0 Å². The minimum Gasteiger partial charge on any atom is -0.481 e. The standard InChI is InChI=1S/C9H8ClFO2/c10-7-3-1-6(5-8(7)11)2-4-9(12)13/h1,3,5H,2,4H2,(H,12,13). The Morgan fingerprint density at radius 3 is 2.77 bits per heavy atom. The highest BCUT2D eigenvalue weighted by molar-refractivity contribution is 6.30. The van der Waals surface area contributed by atoms with E-state index in [1.807, 2.05) is 0 Å². The molecule has 0 bridgehead atoms. The van der Waals surface area contributed by atoms with Gasteiger partial charge in [0.05, 0.1) is 5.02 Å². The zero-order valence-electron chi connectivity index (χ0n) is 6.76. The number of aliphatic carboxylic acids is 1. The lowest BCUT2D eigenvalue weighted by atomic mass is 10.1. The van der Waals surface area contributed by atoms with Gasteiger partial charge in [-0.3, -0.25) is 4.79 Å². The molecular weight excluding hydrogens is 195 g/mol. The van der Waals surface area contributed by atoms with Gasteiger partial charge < -0.3 is 5.11 Å². The van der Waals surface area contributed by atoms with Gasteiger partial charge in [-0.15, -0.1) is 0 Å². The number of carboxylic acids is 1. The lowest BCUT2D eigenvalue weighted by molar-refractivity contribution is -0.136. The summed E-state index contributed by atoms with van der Waals surface area (Å²) in [5.41, 5.74) is 0.643. The molecule has 0 radical (unpaired) electrons. The Hall–Kier alpha value is -1.09. The molecule has 0 saturated heterocycles. The van der Waals surface area contributed by atoms with Crippen molar-refractivity contribution in [2.45, 2.75) is 12.8 Å². The second kappa shape index (κ2) is 4.23. The van der Waals surface area contributed by atoms with Crippen molar-refractivity contribution in [2.24, 2.45) is 0 Å². The maximum absolute atomic E-state index is 12.8. The van der Waals surface area contributed by atoms with Gasteiger partial charge in [-0.05, 0) is 24.1 Å². The zero-order valence-corrected chi connectivity index (χ0v) is 7.51. The molecule has 13 heavy (non-hydrogen) atoms. The van der Waals surface area contributed by atoms with E-state index in [1.165, 1.54) is 12.1 Å². The molecule has 0 aromatic heterocycles. The summed E-state index contributed by atoms with van der Waals surface area (Å²) < 4.78 is 12.8. The Kier molecular flexibility index (Phi) is 3.25. The van der Waals surface area contributed by atoms with E-state index < -0.39 is 11.8 Å². The summed E-state index contributed by atoms with van der Waals surface area (Å²) in [6, 6.07) is 4.30. The van der Waals surface area contributed by atoms with Crippen molar-refractivity contribution >= 4 is 17.6 Å². The van der Waals surface area contributed by atoms with E-state index in [-0.39, 0.29) is 11.4 Å². The van der Waals surface area contributed by atoms with Crippen LogP contribution < -0.4 is 0 Å². The summed E-state index contributed by atoms with van der Waals surface area (Å²) >= 11 is 5.45. The first-order valence-electron chi connectivity index (χ1n) is 3.75. The van der Waals surface area contributed by atoms with Crippen molar-refractivity contribution in [3.63, 3.8) is 0 Å². The van der Waals surface area contributed by atoms with Crippen LogP contribution in [0.2, 0.25) is 5.02 Å². The van der Waals surface area contributed by atoms with E-state index in [1.54, 1.807) is 6.07 Å². The van der Waals surface area contributed by atoms with Gasteiger partial charge in [0.2, 0.25) is 0 Å². The number of hydrogen-bond acceptors (Lipinski definition) is 1. The molecule has 0 unspecified atom stereocenters. The number of halogens is 2. The number of carbonyl (C=O) groups is 1. The van der Waals surface area contributed by atoms with Gasteiger partial charge in [0, 0.05) is 6.42 Å². The average molecular weight is 203 g/mol. The molecule has 1 aromatic carbocycles. The van der Waals surface area contributed by atoms with Crippen molar-refractivity contribution in [1.82, 2.24) is 0 Å². The lowest BCUT2D eigenvalue weighted by Crippen LogP contribution is -1.97. The van der Waals surface area contributed by atoms with Gasteiger partial charge in [-0.25, -0.2) is 4.39 Å². The third-order valence-corrected chi connectivity index (χ3v) is 1.92. The Bertz CT molecular complexity index is 325. The second-order valence-electron chi connectivity index (χ2n) is 2.64. The molecule has 2 nitrogen and oxygen atoms in total. The van der Waals surface area contributed by atoms with Crippen LogP contribution in [0.3, 0.4) is 0 Å². The maximum Gasteiger partial charge on any atom is 0.303 e. The van der Waals surface area contributed by atoms with E-state index in [2.05, 4.69) is 0 Å². The van der Waals surface area contributed by atoms with Crippen molar-refractivity contribution in [3.05, 3.63) is 34.6 Å². The molecule has 4 heteroatoms. The summed E-state index contributed by atoms with van der Waals surface area (Å²) in [4.78, 5) is 10.2. The van der Waals surface area contributed by atoms with Gasteiger partial charge >= 0.3 is 5.97 Å². The van der Waals surface area contributed by atoms with E-state index in [4.69, 9.17) is 16.7 Å². The van der Waals surface area contributed by atoms with Crippen molar-refractivity contribution in [1.29, 1.82) is 0 Å². The van der Waals surface area contributed by atoms with Gasteiger partial charge in [-0.2, -0.15) is 0 Å². The fourth-order valence-electron chi connectivity index (χ4n) is 0.946. The average Bonchev–Trinajstić information content (AvgIpc) is 2.07. The lowest BCUT2D eigenvalue weighted by Gasteiger charge is -1.99. The molecule has 0 spiro atoms. The second-order valence-corrected chi connectivity index (χ2v) is 3.05. The summed E-state index contributed by atoms with van der Waals surface area (Å²) in [6.07, 6.45) is 0.324. The van der Waals surface area contributed by atoms with Crippen LogP contribution in [0.5, 0.6) is 0 Å². The van der Waals surface area contributed by atoms with Crippen molar-refractivity contribution in [2.75, 3.05) is 0 Å². The topological polar surface area (TPSA) is 37.3 Å². The SMILES string of the molecule is O=C(O)CCc1ccc(Cl)c(F)c1. The molecule has 0 atom stereocenters. The number of hydrogen-bond donors (Lipinski definition) is 1. The Balaban J connectivity index is 2.68. The fraction of sp³-hybridized carbons (Fsp3) is 0.222. The highest BCUT2D eigenvalue weighted by Gasteiger charge is 2.02. The molecule has 0 aliphatic heterocycles. The fourth-order valence-corrected chi connectivity index (χ4v) is 1.06. The first-order chi connectivity index (χ1) is 6.09. The van der Waals surface area contributed by atoms with Crippen molar-refractivity contribution in [3.8, 4) is 0 Å². The highest BCUT2D eigenvalue weighted by atomic mass is 35.5. The minimum atomic E-state index is -0.893. The molecule has 0 aliphatic rings. The third-order valence-electron chi connectivity index (χ3n) is 1.61. The quantitative estimate of drug-likeness (QED) is 0.818. The molecule has 0 aliphatic carbocycles. The van der Waals surface area contributed by atoms with Crippen LogP contribution in [0.15, 0.2) is 18.2 Å². The predicted octanol–water partition coefficient (Wildman–Crippen LogP) is 2.50. The molecule has 1 aromatic rings. The van der Waals surface area contributed by atoms with E-state index in [9.17, 15) is 9.18 Å². The Morgan fingerprint density at radius 1 is 1.54 bits per heavy atom. The monoisotopic (exact) mass is 202 g/mol. The first-order valence-corrected chi connectivity index (χ1v) is 4.13. The summed E-state index contributed by atoms with van der Waals surface area (Å²) in [5.74, 6) is -1.40. The van der Waals surface area contributed by atoms with Gasteiger partial charge in [0.1, 0.15) is 5.82 Å². The van der Waals surface area contributed by atoms with E-state index in [0.29, 0.717) is 12.0 Å². The summed E-state index contributed by atoms with van der Waals surface area (Å²) in [6.45, 7) is 0. The number of aryl methyl sites for hydroxylation is 1. The molecule has 0 amide bonds. The molecule has 0 fully saturated rings. The predicted molar refractivity (Wildman–Crippen MR) is 47.4 cm³/mol. The third kappa shape index (κ3) is 3.03. The van der Waals surface area contributed by atoms with Gasteiger partial charge in [0.25, 0.3) is 0 Å². The van der Waals surface area contributed by atoms with Gasteiger partial charge in [0.15, 0.2) is 0 Å². The number of carboxylic acid groups (broad SMARTS) is 1. The summed E-state index contributed by atoms with van der Waals surface area (Å²) in [7, 11) is 0. The molecule has 1 N–H and O–H groups in total. The van der Waals surface area contributed by atoms with Crippen LogP contribution in [-0.4, -0.2) is 11.1 Å². The van der Waals surface area contributed by atoms with Crippen LogP contribution in [0, 0.1) is 5.82 Å². The number of benzene rings is 1. The van der Waals surface area contributed by atoms with Crippen LogP contribution >= 0.6 is 11.6 Å². The smallest absolute Gasteiger partial charge is 0.303 e. The van der Waals surface area contributed by atoms with E-state index in [0.717, 1.165) is 0 Å². The van der Waals surface area contributed by atoms with Crippen LogP contribution in [0.4, 0.5) is 4.39 Å². The molecule has 1 rings (SSSR count). The summed E-state index contributed by atoms with van der Waals surface area (Å²) in [5, 5.41) is 8.43. The van der Waals surface area contributed by atoms with Gasteiger partial charge in [-0.1, -0.05) is 17.7 Å². The Morgan fingerprint density at radius 2 is 2.23 bits per heavy atom. The first kappa shape index (κ1) is 9.99.